The number of carbonyl (C=O) groups excluding carboxylic acids is 3. The van der Waals surface area contributed by atoms with Crippen LogP contribution in [0.3, 0.4) is 0 Å². The largest absolute Gasteiger partial charge is 0.284 e. The molecule has 3 rings (SSSR count). The van der Waals surface area contributed by atoms with Crippen molar-refractivity contribution in [3.8, 4) is 0 Å². The van der Waals surface area contributed by atoms with E-state index in [0.717, 1.165) is 5.39 Å². The number of nitro groups is 1. The summed E-state index contributed by atoms with van der Waals surface area (Å²) in [6.45, 7) is 2.60. The lowest BCUT2D eigenvalue weighted by Gasteiger charge is -2.13. The molecular formula is C21H18N4O5. The van der Waals surface area contributed by atoms with Gasteiger partial charge in [-0.05, 0) is 29.8 Å². The van der Waals surface area contributed by atoms with Crippen molar-refractivity contribution in [3.05, 3.63) is 76.0 Å². The fraction of sp³-hybridized carbons (Fsp3) is 0.143. The zero-order chi connectivity index (χ0) is 21.8. The predicted molar refractivity (Wildman–Crippen MR) is 110 cm³/mol. The number of imide groups is 1. The molecule has 152 valence electrons. The van der Waals surface area contributed by atoms with Crippen LogP contribution in [0.1, 0.15) is 29.9 Å². The van der Waals surface area contributed by atoms with E-state index >= 15 is 0 Å². The number of para-hydroxylation sites is 1. The highest BCUT2D eigenvalue weighted by Gasteiger charge is 2.21. The van der Waals surface area contributed by atoms with Gasteiger partial charge in [-0.2, -0.15) is 10.1 Å². The molecule has 0 spiro atoms. The number of hydrogen-bond acceptors (Lipinski definition) is 6. The van der Waals surface area contributed by atoms with E-state index in [4.69, 9.17) is 0 Å². The van der Waals surface area contributed by atoms with Gasteiger partial charge in [0.05, 0.1) is 23.1 Å². The second-order valence-corrected chi connectivity index (χ2v) is 6.54. The molecule has 2 aromatic carbocycles. The fourth-order valence-electron chi connectivity index (χ4n) is 3.07. The summed E-state index contributed by atoms with van der Waals surface area (Å²) in [5.41, 5.74) is 1.53. The maximum Gasteiger partial charge on any atom is 0.269 e. The van der Waals surface area contributed by atoms with Crippen LogP contribution >= 0.6 is 0 Å². The first-order valence-electron chi connectivity index (χ1n) is 9.00. The second kappa shape index (κ2) is 8.48. The summed E-state index contributed by atoms with van der Waals surface area (Å²) in [6.07, 6.45) is 1.06. The van der Waals surface area contributed by atoms with Crippen LogP contribution in [0.2, 0.25) is 0 Å². The Morgan fingerprint density at radius 3 is 2.37 bits per heavy atom. The number of hydrazone groups is 1. The van der Waals surface area contributed by atoms with Crippen LogP contribution in [-0.2, 0) is 16.0 Å². The molecule has 0 fully saturated rings. The third-order valence-corrected chi connectivity index (χ3v) is 4.39. The highest BCUT2D eigenvalue weighted by atomic mass is 16.6. The van der Waals surface area contributed by atoms with E-state index < -0.39 is 16.7 Å². The molecule has 0 saturated heterocycles. The molecule has 9 nitrogen and oxygen atoms in total. The maximum absolute atomic E-state index is 12.7. The van der Waals surface area contributed by atoms with Crippen LogP contribution in [0.15, 0.2) is 59.7 Å². The van der Waals surface area contributed by atoms with Crippen molar-refractivity contribution in [2.75, 3.05) is 0 Å². The number of amides is 2. The maximum atomic E-state index is 12.7. The molecule has 9 heteroatoms. The quantitative estimate of drug-likeness (QED) is 0.367. The molecule has 30 heavy (non-hydrogen) atoms. The number of hydrogen-bond donors (Lipinski definition) is 0. The van der Waals surface area contributed by atoms with E-state index in [2.05, 4.69) is 5.10 Å². The van der Waals surface area contributed by atoms with Crippen molar-refractivity contribution in [3.63, 3.8) is 0 Å². The highest BCUT2D eigenvalue weighted by Crippen LogP contribution is 2.21. The van der Waals surface area contributed by atoms with Crippen molar-refractivity contribution in [1.29, 1.82) is 0 Å². The van der Waals surface area contributed by atoms with Crippen LogP contribution in [0.4, 0.5) is 5.69 Å². The fourth-order valence-corrected chi connectivity index (χ4v) is 3.07. The van der Waals surface area contributed by atoms with Gasteiger partial charge in [0.25, 0.3) is 11.6 Å². The number of carbonyl (C=O) groups is 3. The van der Waals surface area contributed by atoms with Crippen LogP contribution < -0.4 is 0 Å². The number of benzene rings is 2. The molecule has 1 heterocycles. The first-order chi connectivity index (χ1) is 14.3. The Morgan fingerprint density at radius 2 is 1.77 bits per heavy atom. The van der Waals surface area contributed by atoms with E-state index in [9.17, 15) is 24.5 Å². The molecule has 0 radical (unpaired) electrons. The van der Waals surface area contributed by atoms with Crippen molar-refractivity contribution >= 4 is 40.5 Å². The van der Waals surface area contributed by atoms with Gasteiger partial charge in [-0.15, -0.1) is 0 Å². The average Bonchev–Trinajstić information content (AvgIpc) is 3.06. The van der Waals surface area contributed by atoms with Gasteiger partial charge in [0.15, 0.2) is 0 Å². The molecule has 0 saturated carbocycles. The number of rotatable bonds is 5. The molecule has 0 bridgehead atoms. The summed E-state index contributed by atoms with van der Waals surface area (Å²) in [6, 6.07) is 14.5. The summed E-state index contributed by atoms with van der Waals surface area (Å²) in [4.78, 5) is 47.0. The summed E-state index contributed by atoms with van der Waals surface area (Å²) in [7, 11) is 0. The summed E-state index contributed by atoms with van der Waals surface area (Å²) in [5.74, 6) is -1.45. The van der Waals surface area contributed by atoms with Crippen molar-refractivity contribution in [2.24, 2.45) is 5.10 Å². The number of aromatic nitrogens is 1. The minimum absolute atomic E-state index is 0.0799. The lowest BCUT2D eigenvalue weighted by molar-refractivity contribution is -0.384. The molecular weight excluding hydrogens is 388 g/mol. The Morgan fingerprint density at radius 1 is 1.10 bits per heavy atom. The van der Waals surface area contributed by atoms with Gasteiger partial charge in [0.2, 0.25) is 11.8 Å². The van der Waals surface area contributed by atoms with Gasteiger partial charge < -0.3 is 0 Å². The topological polar surface area (TPSA) is 115 Å². The predicted octanol–water partition coefficient (Wildman–Crippen LogP) is 3.16. The first-order valence-corrected chi connectivity index (χ1v) is 9.00. The Hall–Kier alpha value is -4.14. The number of nitrogens with zero attached hydrogens (tertiary/aromatic N) is 4. The Balaban J connectivity index is 1.85. The van der Waals surface area contributed by atoms with E-state index in [1.165, 1.54) is 48.9 Å². The lowest BCUT2D eigenvalue weighted by atomic mass is 10.2. The Labute approximate surface area is 171 Å². The average molecular weight is 406 g/mol. The highest BCUT2D eigenvalue weighted by molar-refractivity contribution is 5.98. The molecule has 0 N–H and O–H groups in total. The molecule has 3 aromatic rings. The van der Waals surface area contributed by atoms with E-state index in [-0.39, 0.29) is 18.0 Å². The zero-order valence-electron chi connectivity index (χ0n) is 16.3. The molecule has 2 amide bonds. The molecule has 0 atom stereocenters. The van der Waals surface area contributed by atoms with Gasteiger partial charge in [-0.1, -0.05) is 18.2 Å². The van der Waals surface area contributed by atoms with Crippen LogP contribution in [-0.4, -0.2) is 38.4 Å². The monoisotopic (exact) mass is 406 g/mol. The minimum atomic E-state index is -0.606. The Bertz CT molecular complexity index is 1180. The number of non-ortho nitro benzene ring substituents is 1. The van der Waals surface area contributed by atoms with Crippen molar-refractivity contribution in [2.45, 2.75) is 20.3 Å². The van der Waals surface area contributed by atoms with Crippen molar-refractivity contribution < 1.29 is 19.3 Å². The normalized spacial score (nSPS) is 11.0. The lowest BCUT2D eigenvalue weighted by Crippen LogP contribution is -2.32. The molecule has 1 aromatic heterocycles. The van der Waals surface area contributed by atoms with Crippen LogP contribution in [0.5, 0.6) is 0 Å². The van der Waals surface area contributed by atoms with E-state index in [1.54, 1.807) is 18.2 Å². The van der Waals surface area contributed by atoms with Crippen molar-refractivity contribution in [1.82, 2.24) is 9.58 Å². The molecule has 0 aliphatic rings. The third kappa shape index (κ3) is 4.30. The first kappa shape index (κ1) is 20.6. The van der Waals surface area contributed by atoms with Gasteiger partial charge >= 0.3 is 0 Å². The summed E-state index contributed by atoms with van der Waals surface area (Å²) >= 11 is 0. The minimum Gasteiger partial charge on any atom is -0.284 e. The van der Waals surface area contributed by atoms with Gasteiger partial charge in [0.1, 0.15) is 0 Å². The zero-order valence-corrected chi connectivity index (χ0v) is 16.3. The van der Waals surface area contributed by atoms with E-state index in [1.807, 2.05) is 12.1 Å². The third-order valence-electron chi connectivity index (χ3n) is 4.39. The smallest absolute Gasteiger partial charge is 0.269 e. The number of nitro benzene ring substituents is 1. The van der Waals surface area contributed by atoms with Gasteiger partial charge in [0, 0.05) is 37.1 Å². The van der Waals surface area contributed by atoms with Gasteiger partial charge in [-0.25, -0.2) is 0 Å². The van der Waals surface area contributed by atoms with Crippen LogP contribution in [0.25, 0.3) is 10.9 Å². The number of fused-ring (bicyclic) bond motifs is 1. The molecule has 0 unspecified atom stereocenters. The summed E-state index contributed by atoms with van der Waals surface area (Å²) in [5, 5.41) is 16.2. The van der Waals surface area contributed by atoms with Crippen LogP contribution in [0, 0.1) is 10.1 Å². The van der Waals surface area contributed by atoms with Gasteiger partial charge in [-0.3, -0.25) is 29.1 Å². The summed E-state index contributed by atoms with van der Waals surface area (Å²) < 4.78 is 1.44. The molecule has 0 aliphatic heterocycles. The Kier molecular flexibility index (Phi) is 5.82. The molecule has 0 aliphatic carbocycles. The van der Waals surface area contributed by atoms with E-state index in [0.29, 0.717) is 21.8 Å². The SMILES string of the molecule is CC(=O)N(/N=C\c1ccc([N+](=O)[O-])cc1)C(=O)Cc1cc2ccccc2n1C(C)=O. The standard InChI is InChI=1S/C21H18N4O5/c1-14(26)23-19(11-17-5-3-4-6-20(17)23)12-21(28)24(15(2)27)22-13-16-7-9-18(10-8-16)25(29)30/h3-11,13H,12H2,1-2H3/b22-13-. The second-order valence-electron chi connectivity index (χ2n) is 6.54.